The average molecular weight is 588 g/mol. The lowest BCUT2D eigenvalue weighted by Gasteiger charge is -2.47. The smallest absolute Gasteiger partial charge is 0.251 e. The first-order valence-electron chi connectivity index (χ1n) is 16.2. The van der Waals surface area contributed by atoms with Crippen LogP contribution in [-0.4, -0.2) is 78.6 Å². The van der Waals surface area contributed by atoms with Crippen LogP contribution < -0.4 is 25.2 Å². The van der Waals surface area contributed by atoms with Gasteiger partial charge in [0.15, 0.2) is 5.82 Å². The Morgan fingerprint density at radius 1 is 1.00 bits per heavy atom. The first-order valence-corrected chi connectivity index (χ1v) is 16.2. The minimum atomic E-state index is -0.299. The number of nitrogens with zero attached hydrogens (tertiary/aromatic N) is 5. The van der Waals surface area contributed by atoms with Gasteiger partial charge in [-0.25, -0.2) is 4.98 Å². The molecule has 10 heteroatoms. The average Bonchev–Trinajstić information content (AvgIpc) is 3.81. The number of amides is 2. The molecule has 5 aliphatic rings. The van der Waals surface area contributed by atoms with Gasteiger partial charge in [-0.2, -0.15) is 4.98 Å². The maximum atomic E-state index is 13.4. The van der Waals surface area contributed by atoms with Gasteiger partial charge >= 0.3 is 0 Å². The lowest BCUT2D eigenvalue weighted by molar-refractivity contribution is -0.123. The molecule has 4 heterocycles. The number of carbonyl (C=O) groups excluding carboxylic acids is 2. The zero-order chi connectivity index (χ0) is 29.7. The summed E-state index contributed by atoms with van der Waals surface area (Å²) in [6, 6.07) is 7.17. The fourth-order valence-corrected chi connectivity index (χ4v) is 8.08. The second kappa shape index (κ2) is 11.3. The molecule has 0 radical (unpaired) electrons. The Hall–Kier alpha value is -3.40. The third kappa shape index (κ3) is 5.32. The van der Waals surface area contributed by atoms with Crippen molar-refractivity contribution in [2.24, 2.45) is 5.41 Å². The fraction of sp³-hybridized carbons (Fsp3) is 0.636. The van der Waals surface area contributed by atoms with Crippen molar-refractivity contribution in [3.63, 3.8) is 0 Å². The van der Waals surface area contributed by atoms with E-state index in [4.69, 9.17) is 9.72 Å². The van der Waals surface area contributed by atoms with Crippen molar-refractivity contribution in [3.8, 4) is 5.75 Å². The Morgan fingerprint density at radius 2 is 1.72 bits per heavy atom. The van der Waals surface area contributed by atoms with Gasteiger partial charge in [0.25, 0.3) is 5.91 Å². The van der Waals surface area contributed by atoms with Crippen molar-refractivity contribution in [2.45, 2.75) is 101 Å². The van der Waals surface area contributed by atoms with Crippen LogP contribution in [0.25, 0.3) is 0 Å². The van der Waals surface area contributed by atoms with E-state index in [1.165, 1.54) is 38.5 Å². The molecule has 2 saturated carbocycles. The Morgan fingerprint density at radius 3 is 2.42 bits per heavy atom. The van der Waals surface area contributed by atoms with E-state index < -0.39 is 0 Å². The van der Waals surface area contributed by atoms with Gasteiger partial charge in [-0.1, -0.05) is 25.7 Å². The van der Waals surface area contributed by atoms with Crippen LogP contribution in [0, 0.1) is 5.41 Å². The molecule has 1 unspecified atom stereocenters. The number of methoxy groups -OCH3 is 1. The number of rotatable bonds is 6. The van der Waals surface area contributed by atoms with Gasteiger partial charge in [0.05, 0.1) is 24.4 Å². The van der Waals surface area contributed by atoms with Crippen LogP contribution in [0.5, 0.6) is 5.75 Å². The van der Waals surface area contributed by atoms with Crippen LogP contribution in [0.3, 0.4) is 0 Å². The maximum Gasteiger partial charge on any atom is 0.251 e. The van der Waals surface area contributed by atoms with Gasteiger partial charge in [0.1, 0.15) is 11.4 Å². The van der Waals surface area contributed by atoms with Crippen LogP contribution in [0.1, 0.15) is 87.4 Å². The lowest BCUT2D eigenvalue weighted by Crippen LogP contribution is -2.55. The molecule has 2 bridgehead atoms. The van der Waals surface area contributed by atoms with E-state index in [0.29, 0.717) is 41.1 Å². The number of hydrogen-bond donors (Lipinski definition) is 2. The largest absolute Gasteiger partial charge is 0.495 e. The predicted octanol–water partition coefficient (Wildman–Crippen LogP) is 4.87. The van der Waals surface area contributed by atoms with E-state index in [2.05, 4.69) is 32.5 Å². The molecule has 230 valence electrons. The Labute approximate surface area is 254 Å². The SMILES string of the molecule is COc1cc(C(=O)NC2C[C@H]3CCC[C@@H](C2)N3C)ccc1Nc1ncc2c(n1)N(C1CCCCC1)CC1(CC1)C(=O)N2C. The first-order chi connectivity index (χ1) is 20.8. The molecule has 4 fully saturated rings. The van der Waals surface area contributed by atoms with Crippen molar-refractivity contribution < 1.29 is 14.3 Å². The molecule has 7 rings (SSSR count). The summed E-state index contributed by atoms with van der Waals surface area (Å²) < 4.78 is 5.72. The van der Waals surface area contributed by atoms with Crippen LogP contribution in [0.4, 0.5) is 23.1 Å². The minimum Gasteiger partial charge on any atom is -0.495 e. The molecule has 2 amide bonds. The summed E-state index contributed by atoms with van der Waals surface area (Å²) in [7, 11) is 5.69. The Bertz CT molecular complexity index is 1370. The molecule has 1 aromatic heterocycles. The van der Waals surface area contributed by atoms with E-state index >= 15 is 0 Å². The first kappa shape index (κ1) is 28.4. The third-order valence-corrected chi connectivity index (χ3v) is 10.9. The van der Waals surface area contributed by atoms with Gasteiger partial charge in [0.2, 0.25) is 11.9 Å². The summed E-state index contributed by atoms with van der Waals surface area (Å²) >= 11 is 0. The third-order valence-electron chi connectivity index (χ3n) is 10.9. The van der Waals surface area contributed by atoms with Crippen molar-refractivity contribution in [1.29, 1.82) is 0 Å². The van der Waals surface area contributed by atoms with Crippen LogP contribution >= 0.6 is 0 Å². The Kier molecular flexibility index (Phi) is 7.43. The second-order valence-corrected chi connectivity index (χ2v) is 13.6. The number of benzene rings is 1. The van der Waals surface area contributed by atoms with E-state index in [1.807, 2.05) is 19.2 Å². The monoisotopic (exact) mass is 587 g/mol. The number of piperidine rings is 2. The molecule has 43 heavy (non-hydrogen) atoms. The standard InChI is InChI=1S/C33H45N7O3/c1-38-24-10-7-11-25(38)18-22(17-24)35-30(41)21-12-13-26(28(16-21)43-3)36-32-34-19-27-29(37-32)40(23-8-5-4-6-9-23)20-33(14-15-33)31(42)39(27)2/h12-13,16,19,22-25H,4-11,14-15,17-18,20H2,1-3H3,(H,35,41)(H,34,36,37)/t22?,24-,25+. The number of hydrogen-bond acceptors (Lipinski definition) is 8. The predicted molar refractivity (Wildman–Crippen MR) is 167 cm³/mol. The molecular formula is C33H45N7O3. The summed E-state index contributed by atoms with van der Waals surface area (Å²) in [5.74, 6) is 1.93. The van der Waals surface area contributed by atoms with E-state index in [-0.39, 0.29) is 23.3 Å². The lowest BCUT2D eigenvalue weighted by atomic mass is 9.82. The summed E-state index contributed by atoms with van der Waals surface area (Å²) in [6.07, 6.45) is 15.3. The Balaban J connectivity index is 1.11. The van der Waals surface area contributed by atoms with Gasteiger partial charge < -0.3 is 30.1 Å². The van der Waals surface area contributed by atoms with Gasteiger partial charge in [-0.05, 0) is 76.6 Å². The molecule has 2 aromatic rings. The summed E-state index contributed by atoms with van der Waals surface area (Å²) in [6.45, 7) is 0.718. The normalized spacial score (nSPS) is 27.0. The topological polar surface area (TPSA) is 103 Å². The number of aromatic nitrogens is 2. The molecule has 2 N–H and O–H groups in total. The summed E-state index contributed by atoms with van der Waals surface area (Å²) in [5.41, 5.74) is 1.73. The highest BCUT2D eigenvalue weighted by Crippen LogP contribution is 2.52. The molecule has 3 aliphatic heterocycles. The highest BCUT2D eigenvalue weighted by Gasteiger charge is 2.55. The molecule has 3 atom stereocenters. The fourth-order valence-electron chi connectivity index (χ4n) is 8.08. The number of anilines is 4. The maximum absolute atomic E-state index is 13.4. The highest BCUT2D eigenvalue weighted by molar-refractivity contribution is 6.03. The second-order valence-electron chi connectivity index (χ2n) is 13.6. The molecular weight excluding hydrogens is 542 g/mol. The molecule has 2 aliphatic carbocycles. The highest BCUT2D eigenvalue weighted by atomic mass is 16.5. The van der Waals surface area contributed by atoms with Gasteiger partial charge in [0, 0.05) is 43.3 Å². The number of nitrogens with one attached hydrogen (secondary N) is 2. The van der Waals surface area contributed by atoms with Crippen molar-refractivity contribution >= 4 is 35.0 Å². The number of ether oxygens (including phenoxy) is 1. The van der Waals surface area contributed by atoms with Crippen molar-refractivity contribution in [1.82, 2.24) is 20.2 Å². The van der Waals surface area contributed by atoms with E-state index in [1.54, 1.807) is 24.3 Å². The zero-order valence-corrected chi connectivity index (χ0v) is 25.8. The number of fused-ring (bicyclic) bond motifs is 3. The van der Waals surface area contributed by atoms with Crippen molar-refractivity contribution in [3.05, 3.63) is 30.0 Å². The van der Waals surface area contributed by atoms with E-state index in [9.17, 15) is 9.59 Å². The molecule has 1 spiro atoms. The number of carbonyl (C=O) groups is 2. The van der Waals surface area contributed by atoms with Gasteiger partial charge in [-0.3, -0.25) is 9.59 Å². The van der Waals surface area contributed by atoms with E-state index in [0.717, 1.165) is 56.6 Å². The quantitative estimate of drug-likeness (QED) is 0.494. The van der Waals surface area contributed by atoms with Crippen LogP contribution in [0.2, 0.25) is 0 Å². The molecule has 10 nitrogen and oxygen atoms in total. The zero-order valence-electron chi connectivity index (χ0n) is 25.8. The van der Waals surface area contributed by atoms with Gasteiger partial charge in [-0.15, -0.1) is 0 Å². The van der Waals surface area contributed by atoms with Crippen molar-refractivity contribution in [2.75, 3.05) is 42.9 Å². The molecule has 1 aromatic carbocycles. The summed E-state index contributed by atoms with van der Waals surface area (Å²) in [4.78, 5) is 43.0. The molecule has 2 saturated heterocycles. The van der Waals surface area contributed by atoms with Crippen LogP contribution in [-0.2, 0) is 4.79 Å². The minimum absolute atomic E-state index is 0.0661. The summed E-state index contributed by atoms with van der Waals surface area (Å²) in [5, 5.41) is 6.64. The van der Waals surface area contributed by atoms with Crippen LogP contribution in [0.15, 0.2) is 24.4 Å².